The van der Waals surface area contributed by atoms with E-state index in [0.717, 1.165) is 22.4 Å². The molecule has 0 aliphatic carbocycles. The summed E-state index contributed by atoms with van der Waals surface area (Å²) in [7, 11) is 0. The van der Waals surface area contributed by atoms with Crippen molar-refractivity contribution in [1.29, 1.82) is 5.26 Å². The van der Waals surface area contributed by atoms with E-state index in [1.807, 2.05) is 60.7 Å². The third-order valence-electron chi connectivity index (χ3n) is 4.36. The van der Waals surface area contributed by atoms with Crippen molar-refractivity contribution in [3.05, 3.63) is 95.7 Å². The summed E-state index contributed by atoms with van der Waals surface area (Å²) < 4.78 is 10.5. The van der Waals surface area contributed by atoms with Gasteiger partial charge < -0.3 is 9.47 Å². The van der Waals surface area contributed by atoms with Gasteiger partial charge in [-0.15, -0.1) is 0 Å². The van der Waals surface area contributed by atoms with Crippen LogP contribution in [0.15, 0.2) is 84.6 Å². The van der Waals surface area contributed by atoms with Gasteiger partial charge in [-0.1, -0.05) is 48.5 Å². The van der Waals surface area contributed by atoms with Crippen molar-refractivity contribution in [2.24, 2.45) is 0 Å². The molecule has 1 radical (unpaired) electrons. The second-order valence-corrected chi connectivity index (χ2v) is 6.16. The predicted molar refractivity (Wildman–Crippen MR) is 102 cm³/mol. The molecule has 0 atom stereocenters. The van der Waals surface area contributed by atoms with Crippen molar-refractivity contribution in [3.8, 4) is 6.07 Å². The van der Waals surface area contributed by atoms with Crippen LogP contribution >= 0.6 is 0 Å². The molecule has 28 heavy (non-hydrogen) atoms. The van der Waals surface area contributed by atoms with Crippen LogP contribution in [0.5, 0.6) is 0 Å². The molecule has 2 aromatic rings. The maximum Gasteiger partial charge on any atom is 0.271 e. The standard InChI is InChI=1S/C22H16N3O3/c23-11-17(10-18-12-24-20-9-5-4-8-19(18)20)22(26)25(21-14-27-15-28-21)13-16-6-2-1-3-7-16/h1-10,12,14H,13,15H2. The zero-order valence-corrected chi connectivity index (χ0v) is 14.9. The monoisotopic (exact) mass is 370 g/mol. The Morgan fingerprint density at radius 2 is 1.96 bits per heavy atom. The Morgan fingerprint density at radius 1 is 1.18 bits per heavy atom. The summed E-state index contributed by atoms with van der Waals surface area (Å²) in [6.07, 6.45) is 4.60. The van der Waals surface area contributed by atoms with Crippen LogP contribution in [0.3, 0.4) is 0 Å². The molecule has 2 aliphatic rings. The van der Waals surface area contributed by atoms with Gasteiger partial charge in [0.05, 0.1) is 12.2 Å². The van der Waals surface area contributed by atoms with Crippen LogP contribution < -0.4 is 5.32 Å². The predicted octanol–water partition coefficient (Wildman–Crippen LogP) is 3.56. The van der Waals surface area contributed by atoms with Crippen molar-refractivity contribution in [2.45, 2.75) is 6.54 Å². The molecule has 137 valence electrons. The Hall–Kier alpha value is -3.98. The quantitative estimate of drug-likeness (QED) is 0.596. The van der Waals surface area contributed by atoms with Crippen LogP contribution in [0.25, 0.3) is 5.57 Å². The lowest BCUT2D eigenvalue weighted by atomic mass is 10.0. The van der Waals surface area contributed by atoms with Crippen molar-refractivity contribution in [1.82, 2.24) is 10.2 Å². The first-order valence-electron chi connectivity index (χ1n) is 8.69. The smallest absolute Gasteiger partial charge is 0.271 e. The molecule has 0 bridgehead atoms. The van der Waals surface area contributed by atoms with Gasteiger partial charge in [0.25, 0.3) is 5.91 Å². The lowest BCUT2D eigenvalue weighted by molar-refractivity contribution is -0.128. The number of fused-ring (bicyclic) bond motifs is 1. The Balaban J connectivity index is 1.64. The molecule has 6 heteroatoms. The van der Waals surface area contributed by atoms with E-state index in [9.17, 15) is 10.1 Å². The third-order valence-corrected chi connectivity index (χ3v) is 4.36. The highest BCUT2D eigenvalue weighted by Gasteiger charge is 2.27. The molecule has 0 unspecified atom stereocenters. The second-order valence-electron chi connectivity index (χ2n) is 6.16. The fourth-order valence-corrected chi connectivity index (χ4v) is 2.99. The number of benzene rings is 2. The van der Waals surface area contributed by atoms with E-state index in [-0.39, 0.29) is 24.8 Å². The first-order valence-corrected chi connectivity index (χ1v) is 8.69. The van der Waals surface area contributed by atoms with Crippen molar-refractivity contribution in [2.75, 3.05) is 6.79 Å². The molecule has 0 aromatic heterocycles. The number of para-hydroxylation sites is 1. The Kier molecular flexibility index (Phi) is 4.81. The van der Waals surface area contributed by atoms with Gasteiger partial charge in [-0.05, 0) is 17.7 Å². The minimum atomic E-state index is -0.464. The number of carbonyl (C=O) groups excluding carboxylic acids is 1. The molecule has 1 amide bonds. The van der Waals surface area contributed by atoms with E-state index in [1.54, 1.807) is 12.3 Å². The molecular weight excluding hydrogens is 354 g/mol. The maximum atomic E-state index is 13.2. The average molecular weight is 370 g/mol. The van der Waals surface area contributed by atoms with E-state index in [1.165, 1.54) is 11.2 Å². The lowest BCUT2D eigenvalue weighted by Crippen LogP contribution is -2.31. The van der Waals surface area contributed by atoms with Crippen LogP contribution in [0.4, 0.5) is 5.69 Å². The SMILES string of the molecule is N#CC(=CC1=C[N]c2ccccc21)C(=O)N(Cc1ccccc1)C1=COCO1. The fourth-order valence-electron chi connectivity index (χ4n) is 2.99. The van der Waals surface area contributed by atoms with Crippen LogP contribution in [0, 0.1) is 11.3 Å². The summed E-state index contributed by atoms with van der Waals surface area (Å²) in [4.78, 5) is 14.6. The van der Waals surface area contributed by atoms with Crippen LogP contribution in [-0.2, 0) is 20.8 Å². The van der Waals surface area contributed by atoms with E-state index in [0.29, 0.717) is 0 Å². The molecule has 4 rings (SSSR count). The number of amides is 1. The Morgan fingerprint density at radius 3 is 2.71 bits per heavy atom. The van der Waals surface area contributed by atoms with Gasteiger partial charge in [-0.3, -0.25) is 15.0 Å². The third kappa shape index (κ3) is 3.46. The highest BCUT2D eigenvalue weighted by Crippen LogP contribution is 2.31. The summed E-state index contributed by atoms with van der Waals surface area (Å²) in [6, 6.07) is 19.1. The van der Waals surface area contributed by atoms with E-state index in [2.05, 4.69) is 5.32 Å². The zero-order valence-electron chi connectivity index (χ0n) is 14.9. The number of ether oxygens (including phenoxy) is 2. The molecule has 0 spiro atoms. The number of allylic oxidation sites excluding steroid dienone is 2. The van der Waals surface area contributed by atoms with Gasteiger partial charge in [-0.2, -0.15) is 5.26 Å². The number of hydrogen-bond donors (Lipinski definition) is 0. The largest absolute Gasteiger partial charge is 0.459 e. The van der Waals surface area contributed by atoms with Crippen molar-refractivity contribution >= 4 is 17.2 Å². The van der Waals surface area contributed by atoms with Gasteiger partial charge >= 0.3 is 0 Å². The number of carbonyl (C=O) groups is 1. The summed E-state index contributed by atoms with van der Waals surface area (Å²) in [5, 5.41) is 14.0. The Bertz CT molecular complexity index is 1030. The van der Waals surface area contributed by atoms with Crippen molar-refractivity contribution < 1.29 is 14.3 Å². The van der Waals surface area contributed by atoms with Gasteiger partial charge in [0, 0.05) is 17.3 Å². The zero-order chi connectivity index (χ0) is 19.3. The van der Waals surface area contributed by atoms with Crippen molar-refractivity contribution in [3.63, 3.8) is 0 Å². The topological polar surface area (TPSA) is 76.7 Å². The summed E-state index contributed by atoms with van der Waals surface area (Å²) in [5.74, 6) is -0.186. The fraction of sp³-hybridized carbons (Fsp3) is 0.0909. The lowest BCUT2D eigenvalue weighted by Gasteiger charge is -2.21. The molecular formula is C22H16N3O3. The number of nitrogens with zero attached hydrogens (tertiary/aromatic N) is 3. The van der Waals surface area contributed by atoms with Crippen LogP contribution in [0.2, 0.25) is 0 Å². The molecule has 2 aliphatic heterocycles. The summed E-state index contributed by atoms with van der Waals surface area (Å²) in [5.41, 5.74) is 3.32. The van der Waals surface area contributed by atoms with Gasteiger partial charge in [-0.25, -0.2) is 0 Å². The highest BCUT2D eigenvalue weighted by molar-refractivity contribution is 6.01. The molecule has 0 N–H and O–H groups in total. The molecule has 2 aromatic carbocycles. The first-order chi connectivity index (χ1) is 13.8. The molecule has 0 saturated heterocycles. The molecule has 6 nitrogen and oxygen atoms in total. The van der Waals surface area contributed by atoms with Crippen LogP contribution in [0.1, 0.15) is 11.1 Å². The minimum Gasteiger partial charge on any atom is -0.459 e. The molecule has 2 heterocycles. The second kappa shape index (κ2) is 7.72. The summed E-state index contributed by atoms with van der Waals surface area (Å²) >= 11 is 0. The van der Waals surface area contributed by atoms with Gasteiger partial charge in [0.15, 0.2) is 0 Å². The van der Waals surface area contributed by atoms with E-state index >= 15 is 0 Å². The first kappa shape index (κ1) is 17.4. The number of rotatable bonds is 5. The molecule has 0 saturated carbocycles. The summed E-state index contributed by atoms with van der Waals surface area (Å²) in [6.45, 7) is 0.296. The molecule has 0 fully saturated rings. The number of nitriles is 1. The minimum absolute atomic E-state index is 0.00881. The maximum absolute atomic E-state index is 13.2. The van der Waals surface area contributed by atoms with E-state index in [4.69, 9.17) is 9.47 Å². The van der Waals surface area contributed by atoms with Gasteiger partial charge in [0.2, 0.25) is 12.7 Å². The van der Waals surface area contributed by atoms with Crippen LogP contribution in [-0.4, -0.2) is 17.6 Å². The van der Waals surface area contributed by atoms with E-state index < -0.39 is 5.91 Å². The Labute approximate surface area is 162 Å². The number of hydrogen-bond acceptors (Lipinski definition) is 4. The average Bonchev–Trinajstić information content (AvgIpc) is 3.41. The van der Waals surface area contributed by atoms with Gasteiger partial charge in [0.1, 0.15) is 17.9 Å². The highest BCUT2D eigenvalue weighted by atomic mass is 16.7. The normalized spacial score (nSPS) is 14.6.